The van der Waals surface area contributed by atoms with E-state index in [9.17, 15) is 9.90 Å². The van der Waals surface area contributed by atoms with Crippen LogP contribution in [-0.2, 0) is 22.4 Å². The smallest absolute Gasteiger partial charge is 0.224 e. The van der Waals surface area contributed by atoms with Crippen molar-refractivity contribution in [2.45, 2.75) is 25.4 Å². The lowest BCUT2D eigenvalue weighted by Crippen LogP contribution is -2.32. The van der Waals surface area contributed by atoms with E-state index in [1.165, 1.54) is 0 Å². The van der Waals surface area contributed by atoms with Gasteiger partial charge in [0.05, 0.1) is 26.5 Å². The fourth-order valence-electron chi connectivity index (χ4n) is 3.71. The van der Waals surface area contributed by atoms with E-state index in [-0.39, 0.29) is 12.5 Å². The molecule has 0 aromatic heterocycles. The molecule has 3 rings (SSSR count). The summed E-state index contributed by atoms with van der Waals surface area (Å²) in [4.78, 5) is 11.9. The van der Waals surface area contributed by atoms with Crippen LogP contribution in [-0.4, -0.2) is 71.4 Å². The Morgan fingerprint density at radius 3 is 2.50 bits per heavy atom. The Hall–Kier alpha value is -3.01. The average Bonchev–Trinajstić information content (AvgIpc) is 2.85. The number of benzene rings is 2. The van der Waals surface area contributed by atoms with Gasteiger partial charge in [-0.05, 0) is 49.2 Å². The monoisotopic (exact) mass is 474 g/mol. The number of anilines is 1. The van der Waals surface area contributed by atoms with Crippen molar-refractivity contribution < 1.29 is 33.6 Å². The van der Waals surface area contributed by atoms with Crippen LogP contribution in [0.2, 0.25) is 0 Å². The number of fused-ring (bicyclic) bond motifs is 1. The van der Waals surface area contributed by atoms with Gasteiger partial charge in [0.25, 0.3) is 0 Å². The molecule has 1 atom stereocenters. The average molecular weight is 475 g/mol. The number of nitrogens with one attached hydrogen (secondary N) is 2. The number of amides is 1. The molecule has 1 amide bonds. The van der Waals surface area contributed by atoms with Gasteiger partial charge in [-0.1, -0.05) is 6.07 Å². The lowest BCUT2D eigenvalue weighted by Gasteiger charge is -2.23. The van der Waals surface area contributed by atoms with Crippen LogP contribution in [0.25, 0.3) is 0 Å². The van der Waals surface area contributed by atoms with E-state index in [0.29, 0.717) is 67.8 Å². The lowest BCUT2D eigenvalue weighted by molar-refractivity contribution is -0.116. The Morgan fingerprint density at radius 2 is 1.74 bits per heavy atom. The van der Waals surface area contributed by atoms with Gasteiger partial charge < -0.3 is 39.4 Å². The van der Waals surface area contributed by atoms with Gasteiger partial charge in [0, 0.05) is 25.6 Å². The summed E-state index contributed by atoms with van der Waals surface area (Å²) in [6, 6.07) is 9.41. The van der Waals surface area contributed by atoms with Crippen LogP contribution in [0.3, 0.4) is 0 Å². The Bertz CT molecular complexity index is 951. The molecular weight excluding hydrogens is 440 g/mol. The van der Waals surface area contributed by atoms with Gasteiger partial charge in [0.1, 0.15) is 30.8 Å². The molecule has 1 unspecified atom stereocenters. The third kappa shape index (κ3) is 6.99. The summed E-state index contributed by atoms with van der Waals surface area (Å²) >= 11 is 0. The predicted molar refractivity (Wildman–Crippen MR) is 128 cm³/mol. The maximum atomic E-state index is 11.9. The number of ether oxygens (including phenoxy) is 5. The number of hydrogen-bond acceptors (Lipinski definition) is 8. The second kappa shape index (κ2) is 13.0. The number of carbonyl (C=O) groups excluding carboxylic acids is 1. The van der Waals surface area contributed by atoms with E-state index < -0.39 is 6.10 Å². The molecule has 9 nitrogen and oxygen atoms in total. The molecule has 0 saturated carbocycles. The molecule has 0 aliphatic carbocycles. The Balaban J connectivity index is 1.48. The van der Waals surface area contributed by atoms with Crippen molar-refractivity contribution in [1.82, 2.24) is 5.32 Å². The molecule has 1 heterocycles. The van der Waals surface area contributed by atoms with Crippen LogP contribution in [0.1, 0.15) is 17.5 Å². The summed E-state index contributed by atoms with van der Waals surface area (Å²) in [6.45, 7) is 2.05. The van der Waals surface area contributed by atoms with Crippen molar-refractivity contribution >= 4 is 11.6 Å². The first-order valence-corrected chi connectivity index (χ1v) is 11.4. The first kappa shape index (κ1) is 25.6. The third-order valence-electron chi connectivity index (χ3n) is 5.49. The summed E-state index contributed by atoms with van der Waals surface area (Å²) in [5.74, 6) is 2.56. The molecule has 0 radical (unpaired) electrons. The topological polar surface area (TPSA) is 108 Å². The summed E-state index contributed by atoms with van der Waals surface area (Å²) in [6.07, 6.45) is 1.03. The van der Waals surface area contributed by atoms with Gasteiger partial charge in [0.2, 0.25) is 5.91 Å². The fourth-order valence-corrected chi connectivity index (χ4v) is 3.71. The van der Waals surface area contributed by atoms with Crippen molar-refractivity contribution in [2.75, 3.05) is 59.6 Å². The molecule has 1 aliphatic rings. The normalized spacial score (nSPS) is 13.6. The van der Waals surface area contributed by atoms with Crippen LogP contribution < -0.4 is 29.6 Å². The highest BCUT2D eigenvalue weighted by Crippen LogP contribution is 2.39. The van der Waals surface area contributed by atoms with Crippen molar-refractivity contribution in [1.29, 1.82) is 0 Å². The van der Waals surface area contributed by atoms with Crippen LogP contribution in [0, 0.1) is 0 Å². The van der Waals surface area contributed by atoms with Crippen molar-refractivity contribution in [3.05, 3.63) is 41.5 Å². The number of rotatable bonds is 14. The zero-order valence-electron chi connectivity index (χ0n) is 20.0. The van der Waals surface area contributed by atoms with Gasteiger partial charge >= 0.3 is 0 Å². The first-order chi connectivity index (χ1) is 16.5. The molecular formula is C25H34N2O7. The molecule has 34 heavy (non-hydrogen) atoms. The Morgan fingerprint density at radius 1 is 0.971 bits per heavy atom. The second-order valence-corrected chi connectivity index (χ2v) is 7.91. The molecule has 0 fully saturated rings. The van der Waals surface area contributed by atoms with Gasteiger partial charge in [0.15, 0.2) is 11.5 Å². The van der Waals surface area contributed by atoms with Gasteiger partial charge in [-0.25, -0.2) is 0 Å². The number of hydrogen-bond donors (Lipinski definition) is 3. The highest BCUT2D eigenvalue weighted by Gasteiger charge is 2.23. The minimum Gasteiger partial charge on any atom is -0.493 e. The summed E-state index contributed by atoms with van der Waals surface area (Å²) in [5.41, 5.74) is 2.62. The van der Waals surface area contributed by atoms with Crippen LogP contribution in [0.15, 0.2) is 30.3 Å². The fraction of sp³-hybridized carbons (Fsp3) is 0.480. The molecule has 0 spiro atoms. The molecule has 1 aliphatic heterocycles. The summed E-state index contributed by atoms with van der Waals surface area (Å²) < 4.78 is 27.2. The van der Waals surface area contributed by atoms with E-state index >= 15 is 0 Å². The second-order valence-electron chi connectivity index (χ2n) is 7.91. The van der Waals surface area contributed by atoms with Crippen LogP contribution in [0.5, 0.6) is 23.0 Å². The Kier molecular flexibility index (Phi) is 9.81. The maximum Gasteiger partial charge on any atom is 0.224 e. The van der Waals surface area contributed by atoms with Crippen molar-refractivity contribution in [3.63, 3.8) is 0 Å². The molecule has 186 valence electrons. The van der Waals surface area contributed by atoms with E-state index in [1.54, 1.807) is 27.4 Å². The van der Waals surface area contributed by atoms with Crippen molar-refractivity contribution in [3.8, 4) is 23.0 Å². The van der Waals surface area contributed by atoms with E-state index in [4.69, 9.17) is 23.7 Å². The molecule has 3 N–H and O–H groups in total. The molecule has 9 heteroatoms. The van der Waals surface area contributed by atoms with Gasteiger partial charge in [-0.3, -0.25) is 4.79 Å². The standard InChI is InChI=1S/C25H34N2O7/c1-30-12-13-33-22-8-7-20(19-5-9-24(29)27-25(19)22)34-16-18(28)15-26-11-10-17-4-6-21(31-2)23(14-17)32-3/h4,6-8,14,18,26,28H,5,9-13,15-16H2,1-3H3,(H,27,29). The molecule has 2 aromatic carbocycles. The third-order valence-corrected chi connectivity index (χ3v) is 5.49. The van der Waals surface area contributed by atoms with E-state index in [0.717, 1.165) is 17.5 Å². The summed E-state index contributed by atoms with van der Waals surface area (Å²) in [7, 11) is 4.83. The quantitative estimate of drug-likeness (QED) is 0.358. The predicted octanol–water partition coefficient (Wildman–Crippen LogP) is 2.19. The van der Waals surface area contributed by atoms with Crippen LogP contribution in [0.4, 0.5) is 5.69 Å². The minimum absolute atomic E-state index is 0.0556. The van der Waals surface area contributed by atoms with Gasteiger partial charge in [-0.15, -0.1) is 0 Å². The van der Waals surface area contributed by atoms with E-state index in [2.05, 4.69) is 10.6 Å². The molecule has 0 saturated heterocycles. The highest BCUT2D eigenvalue weighted by molar-refractivity contribution is 5.96. The number of carbonyl (C=O) groups is 1. The molecule has 0 bridgehead atoms. The lowest BCUT2D eigenvalue weighted by atomic mass is 10.0. The van der Waals surface area contributed by atoms with Gasteiger partial charge in [-0.2, -0.15) is 0 Å². The SMILES string of the molecule is COCCOc1ccc(OCC(O)CNCCc2ccc(OC)c(OC)c2)c2c1NC(=O)CC2. The molecule has 2 aromatic rings. The highest BCUT2D eigenvalue weighted by atomic mass is 16.5. The number of aliphatic hydroxyl groups is 1. The zero-order valence-corrected chi connectivity index (χ0v) is 20.0. The summed E-state index contributed by atoms with van der Waals surface area (Å²) in [5, 5.41) is 16.5. The van der Waals surface area contributed by atoms with E-state index in [1.807, 2.05) is 24.3 Å². The van der Waals surface area contributed by atoms with Crippen molar-refractivity contribution in [2.24, 2.45) is 0 Å². The minimum atomic E-state index is -0.683. The number of aliphatic hydroxyl groups excluding tert-OH is 1. The first-order valence-electron chi connectivity index (χ1n) is 11.4. The maximum absolute atomic E-state index is 11.9. The Labute approximate surface area is 200 Å². The van der Waals surface area contributed by atoms with Crippen LogP contribution >= 0.6 is 0 Å². The largest absolute Gasteiger partial charge is 0.493 e. The zero-order chi connectivity index (χ0) is 24.3. The number of methoxy groups -OCH3 is 3.